The van der Waals surface area contributed by atoms with Crippen molar-refractivity contribution in [3.63, 3.8) is 0 Å². The third-order valence-corrected chi connectivity index (χ3v) is 7.72. The second kappa shape index (κ2) is 8.29. The van der Waals surface area contributed by atoms with Crippen molar-refractivity contribution in [1.82, 2.24) is 9.80 Å². The molecule has 4 fully saturated rings. The van der Waals surface area contributed by atoms with Crippen LogP contribution >= 0.6 is 0 Å². The highest BCUT2D eigenvalue weighted by molar-refractivity contribution is 5.81. The van der Waals surface area contributed by atoms with Crippen LogP contribution in [0, 0.1) is 29.5 Å². The van der Waals surface area contributed by atoms with Crippen LogP contribution in [0.2, 0.25) is 0 Å². The number of carbonyl (C=O) groups excluding carboxylic acids is 2. The molecule has 3 heterocycles. The normalized spacial score (nSPS) is 30.1. The lowest BCUT2D eigenvalue weighted by Gasteiger charge is -2.33. The number of hydrogen-bond donors (Lipinski definition) is 0. The molecule has 0 aromatic heterocycles. The fraction of sp³-hybridized carbons (Fsp3) is 0.667. The van der Waals surface area contributed by atoms with E-state index in [1.54, 1.807) is 12.1 Å². The minimum Gasteiger partial charge on any atom is -0.381 e. The lowest BCUT2D eigenvalue weighted by molar-refractivity contribution is -0.139. The molecule has 3 aliphatic heterocycles. The second-order valence-electron chi connectivity index (χ2n) is 9.53. The highest BCUT2D eigenvalue weighted by Crippen LogP contribution is 2.47. The number of halogens is 1. The van der Waals surface area contributed by atoms with E-state index < -0.39 is 0 Å². The van der Waals surface area contributed by atoms with E-state index in [1.165, 1.54) is 6.07 Å². The van der Waals surface area contributed by atoms with Gasteiger partial charge in [-0.1, -0.05) is 25.0 Å². The summed E-state index contributed by atoms with van der Waals surface area (Å²) in [5, 5.41) is 0. The molecule has 0 N–H and O–H groups in total. The van der Waals surface area contributed by atoms with Gasteiger partial charge in [-0.3, -0.25) is 9.59 Å². The Labute approximate surface area is 177 Å². The Hall–Kier alpha value is -1.95. The molecule has 0 radical (unpaired) electrons. The van der Waals surface area contributed by atoms with Crippen molar-refractivity contribution in [3.05, 3.63) is 35.6 Å². The smallest absolute Gasteiger partial charge is 0.226 e. The van der Waals surface area contributed by atoms with E-state index in [-0.39, 0.29) is 47.3 Å². The van der Waals surface area contributed by atoms with Crippen molar-refractivity contribution in [2.45, 2.75) is 44.6 Å². The molecule has 0 bridgehead atoms. The molecular weight excluding hydrogens is 383 g/mol. The van der Waals surface area contributed by atoms with Gasteiger partial charge in [0.05, 0.1) is 6.04 Å². The van der Waals surface area contributed by atoms with Crippen LogP contribution in [-0.2, 0) is 14.3 Å². The summed E-state index contributed by atoms with van der Waals surface area (Å²) in [6.07, 6.45) is 5.77. The van der Waals surface area contributed by atoms with Crippen molar-refractivity contribution in [2.75, 3.05) is 32.8 Å². The number of rotatable bonds is 3. The molecule has 0 spiro atoms. The van der Waals surface area contributed by atoms with Crippen LogP contribution in [0.15, 0.2) is 24.3 Å². The molecule has 6 heteroatoms. The Morgan fingerprint density at radius 2 is 1.67 bits per heavy atom. The van der Waals surface area contributed by atoms with Crippen molar-refractivity contribution >= 4 is 11.8 Å². The van der Waals surface area contributed by atoms with E-state index in [9.17, 15) is 14.0 Å². The van der Waals surface area contributed by atoms with E-state index in [0.717, 1.165) is 44.1 Å². The topological polar surface area (TPSA) is 49.9 Å². The maximum atomic E-state index is 14.1. The van der Waals surface area contributed by atoms with E-state index in [0.29, 0.717) is 32.8 Å². The number of nitrogens with zero attached hydrogens (tertiary/aromatic N) is 2. The van der Waals surface area contributed by atoms with Gasteiger partial charge in [0, 0.05) is 56.5 Å². The molecule has 5 rings (SSSR count). The molecule has 2 amide bonds. The third kappa shape index (κ3) is 3.64. The van der Waals surface area contributed by atoms with Gasteiger partial charge in [0.2, 0.25) is 11.8 Å². The first-order valence-electron chi connectivity index (χ1n) is 11.5. The van der Waals surface area contributed by atoms with Gasteiger partial charge >= 0.3 is 0 Å². The van der Waals surface area contributed by atoms with Gasteiger partial charge in [0.15, 0.2) is 0 Å². The summed E-state index contributed by atoms with van der Waals surface area (Å²) in [6, 6.07) is 6.57. The van der Waals surface area contributed by atoms with Gasteiger partial charge in [-0.15, -0.1) is 0 Å². The maximum Gasteiger partial charge on any atom is 0.226 e. The third-order valence-electron chi connectivity index (χ3n) is 7.72. The molecule has 0 unspecified atom stereocenters. The number of hydrogen-bond acceptors (Lipinski definition) is 3. The standard InChI is InChI=1S/C24H31FN2O3/c25-20-7-3-6-18(12-20)22-21-15-26(23(28)17-8-10-30-11-9-17)13-19(21)14-27(22)24(29)16-4-1-2-5-16/h3,6-7,12,16-17,19,21-22H,1-2,4-5,8-11,13-15H2/t19-,21-,22-/m0/s1. The Balaban J connectivity index is 1.38. The van der Waals surface area contributed by atoms with Gasteiger partial charge in [0.1, 0.15) is 5.82 Å². The summed E-state index contributed by atoms with van der Waals surface area (Å²) in [6.45, 7) is 3.37. The summed E-state index contributed by atoms with van der Waals surface area (Å²) < 4.78 is 19.5. The van der Waals surface area contributed by atoms with Crippen LogP contribution in [0.4, 0.5) is 4.39 Å². The molecule has 4 aliphatic rings. The largest absolute Gasteiger partial charge is 0.381 e. The van der Waals surface area contributed by atoms with E-state index in [4.69, 9.17) is 4.74 Å². The molecule has 1 saturated carbocycles. The van der Waals surface area contributed by atoms with Crippen molar-refractivity contribution in [3.8, 4) is 0 Å². The van der Waals surface area contributed by atoms with Crippen molar-refractivity contribution < 1.29 is 18.7 Å². The first kappa shape index (κ1) is 20.0. The molecule has 1 aliphatic carbocycles. The van der Waals surface area contributed by atoms with Crippen LogP contribution in [0.5, 0.6) is 0 Å². The molecule has 1 aromatic rings. The molecule has 162 valence electrons. The van der Waals surface area contributed by atoms with Gasteiger partial charge in [-0.05, 0) is 43.4 Å². The maximum absolute atomic E-state index is 14.1. The zero-order chi connectivity index (χ0) is 20.7. The first-order chi connectivity index (χ1) is 14.6. The quantitative estimate of drug-likeness (QED) is 0.762. The minimum absolute atomic E-state index is 0.0569. The van der Waals surface area contributed by atoms with E-state index >= 15 is 0 Å². The fourth-order valence-corrected chi connectivity index (χ4v) is 6.18. The van der Waals surface area contributed by atoms with Crippen LogP contribution in [-0.4, -0.2) is 54.5 Å². The van der Waals surface area contributed by atoms with Gasteiger partial charge < -0.3 is 14.5 Å². The molecular formula is C24H31FN2O3. The number of amides is 2. The fourth-order valence-electron chi connectivity index (χ4n) is 6.18. The van der Waals surface area contributed by atoms with Crippen LogP contribution in [0.25, 0.3) is 0 Å². The average molecular weight is 415 g/mol. The van der Waals surface area contributed by atoms with Crippen molar-refractivity contribution in [1.29, 1.82) is 0 Å². The Morgan fingerprint density at radius 1 is 0.933 bits per heavy atom. The lowest BCUT2D eigenvalue weighted by Crippen LogP contribution is -2.41. The predicted octanol–water partition coefficient (Wildman–Crippen LogP) is 3.40. The Morgan fingerprint density at radius 3 is 2.40 bits per heavy atom. The molecule has 30 heavy (non-hydrogen) atoms. The molecule has 3 atom stereocenters. The molecule has 3 saturated heterocycles. The number of ether oxygens (including phenoxy) is 1. The number of likely N-dealkylation sites (tertiary alicyclic amines) is 2. The summed E-state index contributed by atoms with van der Waals surface area (Å²) >= 11 is 0. The van der Waals surface area contributed by atoms with Crippen molar-refractivity contribution in [2.24, 2.45) is 23.7 Å². The van der Waals surface area contributed by atoms with Crippen LogP contribution in [0.1, 0.15) is 50.1 Å². The zero-order valence-electron chi connectivity index (χ0n) is 17.5. The minimum atomic E-state index is -0.266. The number of carbonyl (C=O) groups is 2. The number of benzene rings is 1. The molecule has 1 aromatic carbocycles. The highest BCUT2D eigenvalue weighted by atomic mass is 19.1. The average Bonchev–Trinajstić information content (AvgIpc) is 3.49. The Kier molecular flexibility index (Phi) is 5.52. The monoisotopic (exact) mass is 414 g/mol. The highest BCUT2D eigenvalue weighted by Gasteiger charge is 2.51. The molecule has 5 nitrogen and oxygen atoms in total. The van der Waals surface area contributed by atoms with Gasteiger partial charge in [-0.25, -0.2) is 4.39 Å². The Bertz CT molecular complexity index is 803. The lowest BCUT2D eigenvalue weighted by atomic mass is 9.89. The first-order valence-corrected chi connectivity index (χ1v) is 11.5. The van der Waals surface area contributed by atoms with E-state index in [1.807, 2.05) is 15.9 Å². The van der Waals surface area contributed by atoms with Crippen LogP contribution < -0.4 is 0 Å². The predicted molar refractivity (Wildman–Crippen MR) is 110 cm³/mol. The number of fused-ring (bicyclic) bond motifs is 1. The van der Waals surface area contributed by atoms with E-state index in [2.05, 4.69) is 0 Å². The zero-order valence-corrected chi connectivity index (χ0v) is 17.5. The summed E-state index contributed by atoms with van der Waals surface area (Å²) in [5.41, 5.74) is 0.870. The van der Waals surface area contributed by atoms with Crippen LogP contribution in [0.3, 0.4) is 0 Å². The summed E-state index contributed by atoms with van der Waals surface area (Å²) in [7, 11) is 0. The van der Waals surface area contributed by atoms with Gasteiger partial charge in [-0.2, -0.15) is 0 Å². The summed E-state index contributed by atoms with van der Waals surface area (Å²) in [4.78, 5) is 30.5. The summed E-state index contributed by atoms with van der Waals surface area (Å²) in [5.74, 6) is 0.824. The second-order valence-corrected chi connectivity index (χ2v) is 9.53. The SMILES string of the molecule is O=C(C1CCOCC1)N1C[C@H]2CN(C(=O)C3CCCC3)[C@@H](c3cccc(F)c3)[C@H]2C1. The van der Waals surface area contributed by atoms with Gasteiger partial charge in [0.25, 0.3) is 0 Å².